The van der Waals surface area contributed by atoms with Crippen molar-refractivity contribution >= 4 is 0 Å². The summed E-state index contributed by atoms with van der Waals surface area (Å²) in [6.45, 7) is 9.45. The second-order valence-electron chi connectivity index (χ2n) is 4.22. The lowest BCUT2D eigenvalue weighted by Crippen LogP contribution is -2.27. The first-order chi connectivity index (χ1) is 8.80. The Kier molecular flexibility index (Phi) is 7.07. The largest absolute Gasteiger partial charge is 0.311 e. The number of nitrogens with zero attached hydrogens (tertiary/aromatic N) is 4. The maximum absolute atomic E-state index is 5.31. The predicted molar refractivity (Wildman–Crippen MR) is 73.0 cm³/mol. The summed E-state index contributed by atoms with van der Waals surface area (Å²) >= 11 is 0. The van der Waals surface area contributed by atoms with E-state index in [1.54, 1.807) is 0 Å². The van der Waals surface area contributed by atoms with Crippen LogP contribution in [0.2, 0.25) is 0 Å². The van der Waals surface area contributed by atoms with Crippen molar-refractivity contribution in [3.63, 3.8) is 0 Å². The molecule has 0 aromatic carbocycles. The molecule has 0 unspecified atom stereocenters. The van der Waals surface area contributed by atoms with E-state index in [1.165, 1.54) is 0 Å². The number of terminal acetylenes is 1. The summed E-state index contributed by atoms with van der Waals surface area (Å²) in [6, 6.07) is 0. The highest BCUT2D eigenvalue weighted by Gasteiger charge is 2.03. The monoisotopic (exact) mass is 249 g/mol. The first kappa shape index (κ1) is 14.7. The standard InChI is InChI=1S/C13H23N5/c1-4-7-14-11-13-12-18(16-15-13)10-9-17(6-3)8-5-2/h2,12,14H,4,6-11H2,1,3H3. The van der Waals surface area contributed by atoms with Crippen molar-refractivity contribution in [2.24, 2.45) is 0 Å². The third-order valence-electron chi connectivity index (χ3n) is 2.73. The highest BCUT2D eigenvalue weighted by Crippen LogP contribution is 1.94. The van der Waals surface area contributed by atoms with E-state index in [-0.39, 0.29) is 0 Å². The molecule has 100 valence electrons. The third-order valence-corrected chi connectivity index (χ3v) is 2.73. The van der Waals surface area contributed by atoms with E-state index < -0.39 is 0 Å². The van der Waals surface area contributed by atoms with Crippen LogP contribution < -0.4 is 5.32 Å². The van der Waals surface area contributed by atoms with Gasteiger partial charge in [-0.1, -0.05) is 25.0 Å². The Morgan fingerprint density at radius 3 is 3.00 bits per heavy atom. The fourth-order valence-electron chi connectivity index (χ4n) is 1.64. The van der Waals surface area contributed by atoms with Gasteiger partial charge in [-0.25, -0.2) is 0 Å². The number of hydrogen-bond acceptors (Lipinski definition) is 4. The summed E-state index contributed by atoms with van der Waals surface area (Å²) < 4.78 is 1.88. The predicted octanol–water partition coefficient (Wildman–Crippen LogP) is 0.733. The minimum absolute atomic E-state index is 0.691. The zero-order valence-corrected chi connectivity index (χ0v) is 11.4. The molecule has 0 aliphatic rings. The normalized spacial score (nSPS) is 10.8. The Balaban J connectivity index is 2.32. The van der Waals surface area contributed by atoms with Crippen LogP contribution in [0.1, 0.15) is 26.0 Å². The number of nitrogens with one attached hydrogen (secondary N) is 1. The van der Waals surface area contributed by atoms with Crippen LogP contribution in [0.4, 0.5) is 0 Å². The van der Waals surface area contributed by atoms with Crippen molar-refractivity contribution in [1.29, 1.82) is 0 Å². The molecular weight excluding hydrogens is 226 g/mol. The lowest BCUT2D eigenvalue weighted by molar-refractivity contribution is 0.301. The Labute approximate surface area is 110 Å². The third kappa shape index (κ3) is 5.30. The van der Waals surface area contributed by atoms with Gasteiger partial charge in [0.2, 0.25) is 0 Å². The molecule has 0 atom stereocenters. The van der Waals surface area contributed by atoms with Crippen molar-refractivity contribution < 1.29 is 0 Å². The first-order valence-electron chi connectivity index (χ1n) is 6.55. The van der Waals surface area contributed by atoms with E-state index in [4.69, 9.17) is 6.42 Å². The molecule has 0 amide bonds. The van der Waals surface area contributed by atoms with Crippen LogP contribution in [-0.4, -0.2) is 46.1 Å². The molecule has 0 saturated carbocycles. The molecule has 0 spiro atoms. The molecule has 0 radical (unpaired) electrons. The van der Waals surface area contributed by atoms with Gasteiger partial charge in [-0.05, 0) is 19.5 Å². The zero-order valence-electron chi connectivity index (χ0n) is 11.4. The molecule has 0 fully saturated rings. The topological polar surface area (TPSA) is 46.0 Å². The van der Waals surface area contributed by atoms with Gasteiger partial charge in [-0.3, -0.25) is 9.58 Å². The van der Waals surface area contributed by atoms with Crippen molar-refractivity contribution in [2.45, 2.75) is 33.4 Å². The Hall–Kier alpha value is -1.38. The summed E-state index contributed by atoms with van der Waals surface area (Å²) in [5.41, 5.74) is 0.989. The molecule has 0 aliphatic heterocycles. The van der Waals surface area contributed by atoms with Gasteiger partial charge in [-0.15, -0.1) is 11.5 Å². The molecule has 5 heteroatoms. The van der Waals surface area contributed by atoms with Crippen LogP contribution in [-0.2, 0) is 13.1 Å². The van der Waals surface area contributed by atoms with Gasteiger partial charge in [0.1, 0.15) is 0 Å². The van der Waals surface area contributed by atoms with Crippen LogP contribution >= 0.6 is 0 Å². The van der Waals surface area contributed by atoms with E-state index in [2.05, 4.69) is 40.3 Å². The molecule has 1 rings (SSSR count). The summed E-state index contributed by atoms with van der Waals surface area (Å²) in [7, 11) is 0. The molecule has 18 heavy (non-hydrogen) atoms. The summed E-state index contributed by atoms with van der Waals surface area (Å²) in [5, 5.41) is 11.5. The highest BCUT2D eigenvalue weighted by molar-refractivity contribution is 4.92. The quantitative estimate of drug-likeness (QED) is 0.518. The van der Waals surface area contributed by atoms with Gasteiger partial charge >= 0.3 is 0 Å². The van der Waals surface area contributed by atoms with E-state index in [1.807, 2.05) is 10.9 Å². The van der Waals surface area contributed by atoms with Gasteiger partial charge in [0, 0.05) is 19.3 Å². The molecule has 0 saturated heterocycles. The van der Waals surface area contributed by atoms with E-state index in [9.17, 15) is 0 Å². The highest BCUT2D eigenvalue weighted by atomic mass is 15.4. The molecule has 5 nitrogen and oxygen atoms in total. The van der Waals surface area contributed by atoms with Crippen molar-refractivity contribution in [3.05, 3.63) is 11.9 Å². The van der Waals surface area contributed by atoms with Crippen LogP contribution in [0.25, 0.3) is 0 Å². The Morgan fingerprint density at radius 1 is 1.50 bits per heavy atom. The lowest BCUT2D eigenvalue weighted by atomic mass is 10.4. The second-order valence-corrected chi connectivity index (χ2v) is 4.22. The average molecular weight is 249 g/mol. The minimum Gasteiger partial charge on any atom is -0.311 e. The van der Waals surface area contributed by atoms with E-state index in [0.717, 1.165) is 44.8 Å². The van der Waals surface area contributed by atoms with Crippen molar-refractivity contribution in [2.75, 3.05) is 26.2 Å². The first-order valence-corrected chi connectivity index (χ1v) is 6.55. The summed E-state index contributed by atoms with van der Waals surface area (Å²) in [6.07, 6.45) is 8.43. The Morgan fingerprint density at radius 2 is 2.33 bits per heavy atom. The lowest BCUT2D eigenvalue weighted by Gasteiger charge is -2.16. The van der Waals surface area contributed by atoms with Crippen LogP contribution in [0.15, 0.2) is 6.20 Å². The molecule has 0 bridgehead atoms. The molecule has 1 aromatic heterocycles. The number of rotatable bonds is 9. The second kappa shape index (κ2) is 8.67. The minimum atomic E-state index is 0.691. The molecular formula is C13H23N5. The van der Waals surface area contributed by atoms with Gasteiger partial charge in [-0.2, -0.15) is 0 Å². The van der Waals surface area contributed by atoms with Gasteiger partial charge in [0.25, 0.3) is 0 Å². The average Bonchev–Trinajstić information content (AvgIpc) is 2.83. The van der Waals surface area contributed by atoms with Gasteiger partial charge in [0.05, 0.1) is 18.8 Å². The van der Waals surface area contributed by atoms with E-state index in [0.29, 0.717) is 6.54 Å². The maximum atomic E-state index is 5.31. The summed E-state index contributed by atoms with van der Waals surface area (Å²) in [5.74, 6) is 2.67. The fourth-order valence-corrected chi connectivity index (χ4v) is 1.64. The van der Waals surface area contributed by atoms with Crippen LogP contribution in [0.5, 0.6) is 0 Å². The number of aromatic nitrogens is 3. The van der Waals surface area contributed by atoms with Crippen molar-refractivity contribution in [1.82, 2.24) is 25.2 Å². The smallest absolute Gasteiger partial charge is 0.0964 e. The fraction of sp³-hybridized carbons (Fsp3) is 0.692. The van der Waals surface area contributed by atoms with E-state index >= 15 is 0 Å². The number of hydrogen-bond donors (Lipinski definition) is 1. The van der Waals surface area contributed by atoms with Gasteiger partial charge < -0.3 is 5.32 Å². The molecule has 1 heterocycles. The molecule has 1 aromatic rings. The maximum Gasteiger partial charge on any atom is 0.0964 e. The molecule has 0 aliphatic carbocycles. The zero-order chi connectivity index (χ0) is 13.2. The van der Waals surface area contributed by atoms with Crippen LogP contribution in [0, 0.1) is 12.3 Å². The SMILES string of the molecule is C#CCN(CC)CCn1cc(CNCCC)nn1. The van der Waals surface area contributed by atoms with Crippen molar-refractivity contribution in [3.8, 4) is 12.3 Å². The van der Waals surface area contributed by atoms with Crippen LogP contribution in [0.3, 0.4) is 0 Å². The summed E-state index contributed by atoms with van der Waals surface area (Å²) in [4.78, 5) is 2.21. The number of likely N-dealkylation sites (N-methyl/N-ethyl adjacent to an activating group) is 1. The van der Waals surface area contributed by atoms with Gasteiger partial charge in [0.15, 0.2) is 0 Å². The molecule has 1 N–H and O–H groups in total. The Bertz CT molecular complexity index is 366.